The maximum Gasteiger partial charge on any atom is 0.251 e. The average molecular weight is 372 g/mol. The second-order valence-electron chi connectivity index (χ2n) is 5.18. The van der Waals surface area contributed by atoms with E-state index in [0.29, 0.717) is 34.7 Å². The molecule has 1 fully saturated rings. The standard InChI is InChI=1S/C16H22BrNO4/c1-3-6-22-15-13(17)8-11(9-14(15)20-2)16(19)18-10-12-5-4-7-21-12/h8-9,12H,3-7,10H2,1-2H3,(H,18,19). The normalized spacial score (nSPS) is 17.3. The summed E-state index contributed by atoms with van der Waals surface area (Å²) in [5.41, 5.74) is 0.533. The molecule has 1 aromatic carbocycles. The van der Waals surface area contributed by atoms with E-state index < -0.39 is 0 Å². The van der Waals surface area contributed by atoms with E-state index in [4.69, 9.17) is 14.2 Å². The Morgan fingerprint density at radius 3 is 2.95 bits per heavy atom. The number of hydrogen-bond acceptors (Lipinski definition) is 4. The lowest BCUT2D eigenvalue weighted by Crippen LogP contribution is -2.31. The van der Waals surface area contributed by atoms with Crippen molar-refractivity contribution in [2.75, 3.05) is 26.9 Å². The molecule has 1 aromatic rings. The Bertz CT molecular complexity index is 515. The molecule has 1 heterocycles. The first kappa shape index (κ1) is 17.1. The van der Waals surface area contributed by atoms with Gasteiger partial charge in [0.15, 0.2) is 11.5 Å². The molecule has 1 aliphatic heterocycles. The molecule has 0 radical (unpaired) electrons. The maximum atomic E-state index is 12.3. The molecule has 0 aliphatic carbocycles. The first-order chi connectivity index (χ1) is 10.7. The van der Waals surface area contributed by atoms with E-state index in [1.165, 1.54) is 0 Å². The van der Waals surface area contributed by atoms with Crippen molar-refractivity contribution in [1.82, 2.24) is 5.32 Å². The molecule has 0 saturated carbocycles. The van der Waals surface area contributed by atoms with Crippen LogP contribution in [0.3, 0.4) is 0 Å². The van der Waals surface area contributed by atoms with Crippen molar-refractivity contribution in [1.29, 1.82) is 0 Å². The highest BCUT2D eigenvalue weighted by atomic mass is 79.9. The molecular weight excluding hydrogens is 350 g/mol. The fraction of sp³-hybridized carbons (Fsp3) is 0.562. The predicted molar refractivity (Wildman–Crippen MR) is 87.8 cm³/mol. The van der Waals surface area contributed by atoms with Gasteiger partial charge in [-0.2, -0.15) is 0 Å². The zero-order chi connectivity index (χ0) is 15.9. The quantitative estimate of drug-likeness (QED) is 0.799. The van der Waals surface area contributed by atoms with E-state index in [1.54, 1.807) is 19.2 Å². The van der Waals surface area contributed by atoms with Crippen molar-refractivity contribution in [3.8, 4) is 11.5 Å². The van der Waals surface area contributed by atoms with Crippen LogP contribution in [-0.2, 0) is 4.74 Å². The Morgan fingerprint density at radius 1 is 1.50 bits per heavy atom. The molecule has 1 amide bonds. The molecule has 2 rings (SSSR count). The highest BCUT2D eigenvalue weighted by molar-refractivity contribution is 9.10. The predicted octanol–water partition coefficient (Wildman–Crippen LogP) is 3.16. The van der Waals surface area contributed by atoms with Crippen molar-refractivity contribution < 1.29 is 19.0 Å². The van der Waals surface area contributed by atoms with E-state index in [0.717, 1.165) is 25.9 Å². The largest absolute Gasteiger partial charge is 0.493 e. The van der Waals surface area contributed by atoms with E-state index in [2.05, 4.69) is 21.2 Å². The lowest BCUT2D eigenvalue weighted by Gasteiger charge is -2.15. The Labute approximate surface area is 139 Å². The number of ether oxygens (including phenoxy) is 3. The first-order valence-electron chi connectivity index (χ1n) is 7.55. The smallest absolute Gasteiger partial charge is 0.251 e. The Hall–Kier alpha value is -1.27. The summed E-state index contributed by atoms with van der Waals surface area (Å²) in [6.45, 7) is 3.95. The first-order valence-corrected chi connectivity index (χ1v) is 8.35. The fourth-order valence-electron chi connectivity index (χ4n) is 2.31. The zero-order valence-corrected chi connectivity index (χ0v) is 14.6. The molecule has 1 saturated heterocycles. The number of rotatable bonds is 7. The van der Waals surface area contributed by atoms with Gasteiger partial charge in [-0.3, -0.25) is 4.79 Å². The second kappa shape index (κ2) is 8.39. The summed E-state index contributed by atoms with van der Waals surface area (Å²) in [5.74, 6) is 1.03. The second-order valence-corrected chi connectivity index (χ2v) is 6.04. The van der Waals surface area contributed by atoms with Gasteiger partial charge in [0.1, 0.15) is 0 Å². The lowest BCUT2D eigenvalue weighted by molar-refractivity contribution is 0.0857. The number of amides is 1. The number of carbonyl (C=O) groups is 1. The number of carbonyl (C=O) groups excluding carboxylic acids is 1. The topological polar surface area (TPSA) is 56.8 Å². The SMILES string of the molecule is CCCOc1c(Br)cc(C(=O)NCC2CCCO2)cc1OC. The molecule has 1 unspecified atom stereocenters. The van der Waals surface area contributed by atoms with Crippen LogP contribution in [0.4, 0.5) is 0 Å². The van der Waals surface area contributed by atoms with Gasteiger partial charge in [0, 0.05) is 18.7 Å². The molecule has 0 spiro atoms. The van der Waals surface area contributed by atoms with Crippen molar-refractivity contribution in [2.24, 2.45) is 0 Å². The number of nitrogens with one attached hydrogen (secondary N) is 1. The van der Waals surface area contributed by atoms with Gasteiger partial charge in [0.25, 0.3) is 5.91 Å². The monoisotopic (exact) mass is 371 g/mol. The van der Waals surface area contributed by atoms with Crippen molar-refractivity contribution in [3.63, 3.8) is 0 Å². The fourth-order valence-corrected chi connectivity index (χ4v) is 2.87. The van der Waals surface area contributed by atoms with Gasteiger partial charge in [-0.05, 0) is 47.3 Å². The van der Waals surface area contributed by atoms with Crippen LogP contribution in [0.15, 0.2) is 16.6 Å². The van der Waals surface area contributed by atoms with Gasteiger partial charge in [0.2, 0.25) is 0 Å². The third-order valence-corrected chi connectivity index (χ3v) is 4.05. The third kappa shape index (κ3) is 4.36. The molecule has 0 bridgehead atoms. The van der Waals surface area contributed by atoms with Crippen LogP contribution < -0.4 is 14.8 Å². The minimum Gasteiger partial charge on any atom is -0.493 e. The molecule has 1 atom stereocenters. The van der Waals surface area contributed by atoms with Crippen LogP contribution in [0.2, 0.25) is 0 Å². The van der Waals surface area contributed by atoms with E-state index in [-0.39, 0.29) is 12.0 Å². The summed E-state index contributed by atoms with van der Waals surface area (Å²) in [7, 11) is 1.56. The molecule has 122 valence electrons. The highest BCUT2D eigenvalue weighted by Gasteiger charge is 2.19. The van der Waals surface area contributed by atoms with Crippen molar-refractivity contribution >= 4 is 21.8 Å². The minimum absolute atomic E-state index is 0.126. The molecule has 6 heteroatoms. The van der Waals surface area contributed by atoms with Gasteiger partial charge < -0.3 is 19.5 Å². The summed E-state index contributed by atoms with van der Waals surface area (Å²) in [4.78, 5) is 12.3. The van der Waals surface area contributed by atoms with Gasteiger partial charge in [0.05, 0.1) is 24.3 Å². The summed E-state index contributed by atoms with van der Waals surface area (Å²) >= 11 is 3.44. The Kier molecular flexibility index (Phi) is 6.51. The lowest BCUT2D eigenvalue weighted by atomic mass is 10.1. The number of halogens is 1. The van der Waals surface area contributed by atoms with Gasteiger partial charge in [-0.1, -0.05) is 6.92 Å². The summed E-state index contributed by atoms with van der Waals surface area (Å²) in [5, 5.41) is 2.90. The summed E-state index contributed by atoms with van der Waals surface area (Å²) in [6.07, 6.45) is 3.08. The number of hydrogen-bond donors (Lipinski definition) is 1. The molecule has 1 N–H and O–H groups in total. The Balaban J connectivity index is 2.06. The summed E-state index contributed by atoms with van der Waals surface area (Å²) < 4.78 is 17.2. The molecule has 1 aliphatic rings. The van der Waals surface area contributed by atoms with E-state index in [1.807, 2.05) is 6.92 Å². The Morgan fingerprint density at radius 2 is 2.32 bits per heavy atom. The minimum atomic E-state index is -0.142. The van der Waals surface area contributed by atoms with Crippen LogP contribution in [-0.4, -0.2) is 38.9 Å². The molecule has 22 heavy (non-hydrogen) atoms. The molecule has 0 aromatic heterocycles. The maximum absolute atomic E-state index is 12.3. The summed E-state index contributed by atoms with van der Waals surface area (Å²) in [6, 6.07) is 3.44. The molecular formula is C16H22BrNO4. The van der Waals surface area contributed by atoms with Crippen LogP contribution in [0.5, 0.6) is 11.5 Å². The van der Waals surface area contributed by atoms with Crippen LogP contribution >= 0.6 is 15.9 Å². The zero-order valence-electron chi connectivity index (χ0n) is 13.0. The molecule has 5 nitrogen and oxygen atoms in total. The number of benzene rings is 1. The van der Waals surface area contributed by atoms with Crippen LogP contribution in [0.25, 0.3) is 0 Å². The van der Waals surface area contributed by atoms with Crippen LogP contribution in [0, 0.1) is 0 Å². The van der Waals surface area contributed by atoms with Crippen LogP contribution in [0.1, 0.15) is 36.5 Å². The average Bonchev–Trinajstić information content (AvgIpc) is 3.04. The van der Waals surface area contributed by atoms with E-state index in [9.17, 15) is 4.79 Å². The van der Waals surface area contributed by atoms with E-state index >= 15 is 0 Å². The van der Waals surface area contributed by atoms with Crippen molar-refractivity contribution in [3.05, 3.63) is 22.2 Å². The van der Waals surface area contributed by atoms with Gasteiger partial charge in [-0.25, -0.2) is 0 Å². The van der Waals surface area contributed by atoms with Gasteiger partial charge >= 0.3 is 0 Å². The third-order valence-electron chi connectivity index (χ3n) is 3.46. The number of methoxy groups -OCH3 is 1. The van der Waals surface area contributed by atoms with Gasteiger partial charge in [-0.15, -0.1) is 0 Å². The highest BCUT2D eigenvalue weighted by Crippen LogP contribution is 2.36. The van der Waals surface area contributed by atoms with Crippen molar-refractivity contribution in [2.45, 2.75) is 32.3 Å².